The molecule has 6 heteroatoms. The lowest BCUT2D eigenvalue weighted by Gasteiger charge is -2.40. The molecule has 23 heavy (non-hydrogen) atoms. The number of hydrogen-bond donors (Lipinski definition) is 1. The van der Waals surface area contributed by atoms with Gasteiger partial charge >= 0.3 is 6.18 Å². The Morgan fingerprint density at radius 2 is 1.78 bits per heavy atom. The van der Waals surface area contributed by atoms with E-state index in [4.69, 9.17) is 0 Å². The second-order valence-electron chi connectivity index (χ2n) is 6.63. The minimum absolute atomic E-state index is 0.170. The van der Waals surface area contributed by atoms with Crippen molar-refractivity contribution < 1.29 is 18.3 Å². The Morgan fingerprint density at radius 3 is 2.30 bits per heavy atom. The van der Waals surface area contributed by atoms with E-state index in [1.54, 1.807) is 6.92 Å². The minimum Gasteiger partial charge on any atom is -0.387 e. The number of β-amino-alcohol motifs (C(OH)–C–C–N with tert-alkyl or cyclic N) is 1. The Bertz CT molecular complexity index is 513. The van der Waals surface area contributed by atoms with E-state index in [0.29, 0.717) is 26.2 Å². The Balaban J connectivity index is 1.92. The van der Waals surface area contributed by atoms with Crippen molar-refractivity contribution >= 4 is 0 Å². The summed E-state index contributed by atoms with van der Waals surface area (Å²) in [6, 6.07) is 5.80. The zero-order valence-electron chi connectivity index (χ0n) is 13.9. The van der Waals surface area contributed by atoms with Crippen LogP contribution in [0.5, 0.6) is 0 Å². The largest absolute Gasteiger partial charge is 0.401 e. The summed E-state index contributed by atoms with van der Waals surface area (Å²) in [6.07, 6.45) is -4.77. The molecule has 0 spiro atoms. The molecule has 0 saturated carbocycles. The third-order valence-corrected chi connectivity index (χ3v) is 4.29. The molecule has 1 heterocycles. The summed E-state index contributed by atoms with van der Waals surface area (Å²) in [6.45, 7) is 6.83. The number of rotatable bonds is 4. The van der Waals surface area contributed by atoms with Gasteiger partial charge in [0.25, 0.3) is 0 Å². The van der Waals surface area contributed by atoms with Crippen molar-refractivity contribution in [2.45, 2.75) is 39.1 Å². The molecule has 1 aromatic carbocycles. The average Bonchev–Trinajstić information content (AvgIpc) is 2.39. The summed E-state index contributed by atoms with van der Waals surface area (Å²) in [5, 5.41) is 10.4. The highest BCUT2D eigenvalue weighted by Gasteiger charge is 2.35. The van der Waals surface area contributed by atoms with Crippen LogP contribution < -0.4 is 0 Å². The van der Waals surface area contributed by atoms with Crippen molar-refractivity contribution in [3.05, 3.63) is 34.9 Å². The van der Waals surface area contributed by atoms with E-state index in [1.165, 1.54) is 4.90 Å². The summed E-state index contributed by atoms with van der Waals surface area (Å²) >= 11 is 0. The lowest BCUT2D eigenvalue weighted by Crippen LogP contribution is -2.54. The topological polar surface area (TPSA) is 26.7 Å². The van der Waals surface area contributed by atoms with Gasteiger partial charge in [-0.15, -0.1) is 0 Å². The Kier molecular flexibility index (Phi) is 5.70. The van der Waals surface area contributed by atoms with E-state index in [2.05, 4.69) is 0 Å². The highest BCUT2D eigenvalue weighted by Crippen LogP contribution is 2.22. The number of aliphatic hydroxyl groups excluding tert-OH is 1. The van der Waals surface area contributed by atoms with E-state index in [-0.39, 0.29) is 6.04 Å². The van der Waals surface area contributed by atoms with Crippen LogP contribution in [0.4, 0.5) is 13.2 Å². The van der Waals surface area contributed by atoms with E-state index in [1.807, 2.05) is 36.9 Å². The number of aliphatic hydroxyl groups is 1. The molecule has 0 aliphatic carbocycles. The molecule has 130 valence electrons. The highest BCUT2D eigenvalue weighted by atomic mass is 19.4. The molecule has 2 unspecified atom stereocenters. The van der Waals surface area contributed by atoms with Crippen molar-refractivity contribution in [2.75, 3.05) is 32.7 Å². The van der Waals surface area contributed by atoms with Gasteiger partial charge in [-0.05, 0) is 26.3 Å². The van der Waals surface area contributed by atoms with Crippen molar-refractivity contribution in [3.8, 4) is 0 Å². The summed E-state index contributed by atoms with van der Waals surface area (Å²) < 4.78 is 37.6. The number of alkyl halides is 3. The maximum Gasteiger partial charge on any atom is 0.401 e. The number of aryl methyl sites for hydroxylation is 2. The molecule has 1 aromatic rings. The van der Waals surface area contributed by atoms with Crippen LogP contribution >= 0.6 is 0 Å². The zero-order valence-corrected chi connectivity index (χ0v) is 13.9. The van der Waals surface area contributed by atoms with E-state index < -0.39 is 18.8 Å². The third kappa shape index (κ3) is 5.48. The van der Waals surface area contributed by atoms with E-state index in [0.717, 1.165) is 16.7 Å². The summed E-state index contributed by atoms with van der Waals surface area (Å²) in [5.74, 6) is 0. The molecule has 1 saturated heterocycles. The van der Waals surface area contributed by atoms with Gasteiger partial charge in [0.15, 0.2) is 0 Å². The maximum absolute atomic E-state index is 12.5. The molecular formula is C17H25F3N2O. The molecular weight excluding hydrogens is 305 g/mol. The Hall–Kier alpha value is -1.11. The molecule has 0 aromatic heterocycles. The summed E-state index contributed by atoms with van der Waals surface area (Å²) in [7, 11) is 0. The maximum atomic E-state index is 12.5. The number of halogens is 3. The monoisotopic (exact) mass is 330 g/mol. The molecule has 2 atom stereocenters. The summed E-state index contributed by atoms with van der Waals surface area (Å²) in [5.41, 5.74) is 3.07. The molecule has 2 rings (SSSR count). The Labute approximate surface area is 135 Å². The second kappa shape index (κ2) is 7.20. The average molecular weight is 330 g/mol. The van der Waals surface area contributed by atoms with Crippen LogP contribution in [0.2, 0.25) is 0 Å². The SMILES string of the molecule is Cc1cc(C)cc(C(O)CN2CCN(CC(F)(F)F)C(C)C2)c1. The fourth-order valence-corrected chi connectivity index (χ4v) is 3.25. The quantitative estimate of drug-likeness (QED) is 0.920. The van der Waals surface area contributed by atoms with Gasteiger partial charge in [-0.1, -0.05) is 29.3 Å². The van der Waals surface area contributed by atoms with Gasteiger partial charge in [0.1, 0.15) is 0 Å². The van der Waals surface area contributed by atoms with Crippen LogP contribution in [0, 0.1) is 13.8 Å². The molecule has 1 aliphatic rings. The standard InChI is InChI=1S/C17H25F3N2O/c1-12-6-13(2)8-15(7-12)16(23)10-21-4-5-22(14(3)9-21)11-17(18,19)20/h6-8,14,16,23H,4-5,9-11H2,1-3H3. The Morgan fingerprint density at radius 1 is 1.17 bits per heavy atom. The van der Waals surface area contributed by atoms with E-state index in [9.17, 15) is 18.3 Å². The van der Waals surface area contributed by atoms with Crippen molar-refractivity contribution in [3.63, 3.8) is 0 Å². The van der Waals surface area contributed by atoms with Crippen LogP contribution in [0.1, 0.15) is 29.7 Å². The number of nitrogens with zero attached hydrogens (tertiary/aromatic N) is 2. The van der Waals surface area contributed by atoms with Gasteiger partial charge in [0.05, 0.1) is 12.6 Å². The van der Waals surface area contributed by atoms with Gasteiger partial charge in [0, 0.05) is 32.2 Å². The molecule has 1 N–H and O–H groups in total. The lowest BCUT2D eigenvalue weighted by atomic mass is 10.0. The van der Waals surface area contributed by atoms with Gasteiger partial charge in [-0.25, -0.2) is 0 Å². The molecule has 1 aliphatic heterocycles. The van der Waals surface area contributed by atoms with Crippen LogP contribution in [0.15, 0.2) is 18.2 Å². The zero-order chi connectivity index (χ0) is 17.2. The molecule has 0 amide bonds. The number of hydrogen-bond acceptors (Lipinski definition) is 3. The van der Waals surface area contributed by atoms with Crippen LogP contribution in [-0.2, 0) is 0 Å². The normalized spacial score (nSPS) is 22.3. The van der Waals surface area contributed by atoms with Crippen molar-refractivity contribution in [1.82, 2.24) is 9.80 Å². The number of benzene rings is 1. The molecule has 0 radical (unpaired) electrons. The summed E-state index contributed by atoms with van der Waals surface area (Å²) in [4.78, 5) is 3.50. The van der Waals surface area contributed by atoms with Crippen LogP contribution in [-0.4, -0.2) is 59.8 Å². The van der Waals surface area contributed by atoms with Gasteiger partial charge in [0.2, 0.25) is 0 Å². The highest BCUT2D eigenvalue weighted by molar-refractivity contribution is 5.30. The molecule has 0 bridgehead atoms. The van der Waals surface area contributed by atoms with Gasteiger partial charge < -0.3 is 5.11 Å². The molecule has 1 fully saturated rings. The smallest absolute Gasteiger partial charge is 0.387 e. The van der Waals surface area contributed by atoms with E-state index >= 15 is 0 Å². The predicted octanol–water partition coefficient (Wildman–Crippen LogP) is 2.91. The van der Waals surface area contributed by atoms with Crippen LogP contribution in [0.3, 0.4) is 0 Å². The first-order valence-corrected chi connectivity index (χ1v) is 7.93. The fourth-order valence-electron chi connectivity index (χ4n) is 3.25. The van der Waals surface area contributed by atoms with Crippen LogP contribution in [0.25, 0.3) is 0 Å². The fraction of sp³-hybridized carbons (Fsp3) is 0.647. The van der Waals surface area contributed by atoms with Crippen molar-refractivity contribution in [1.29, 1.82) is 0 Å². The first kappa shape index (κ1) is 18.2. The first-order valence-electron chi connectivity index (χ1n) is 7.93. The molecule has 3 nitrogen and oxygen atoms in total. The predicted molar refractivity (Wildman–Crippen MR) is 84.4 cm³/mol. The minimum atomic E-state index is -4.16. The first-order chi connectivity index (χ1) is 10.6. The lowest BCUT2D eigenvalue weighted by molar-refractivity contribution is -0.155. The van der Waals surface area contributed by atoms with Crippen molar-refractivity contribution in [2.24, 2.45) is 0 Å². The van der Waals surface area contributed by atoms with Gasteiger partial charge in [-0.3, -0.25) is 9.80 Å². The van der Waals surface area contributed by atoms with Gasteiger partial charge in [-0.2, -0.15) is 13.2 Å². The second-order valence-corrected chi connectivity index (χ2v) is 6.63. The third-order valence-electron chi connectivity index (χ3n) is 4.29. The number of piperazine rings is 1.